The highest BCUT2D eigenvalue weighted by Crippen LogP contribution is 2.10. The molecule has 0 unspecified atom stereocenters. The molecular weight excluding hydrogens is 268 g/mol. The van der Waals surface area contributed by atoms with Crippen LogP contribution < -0.4 is 5.32 Å². The van der Waals surface area contributed by atoms with Gasteiger partial charge < -0.3 is 10.4 Å². The minimum Gasteiger partial charge on any atom is -0.478 e. The predicted octanol–water partition coefficient (Wildman–Crippen LogP) is 2.01. The molecule has 0 fully saturated rings. The molecule has 0 saturated heterocycles. The van der Waals surface area contributed by atoms with Gasteiger partial charge in [0.1, 0.15) is 11.8 Å². The number of aromatic carboxylic acids is 1. The third-order valence-corrected chi connectivity index (χ3v) is 2.89. The average Bonchev–Trinajstić information content (AvgIpc) is 2.47. The maximum atomic E-state index is 11.1. The van der Waals surface area contributed by atoms with Crippen molar-refractivity contribution in [3.8, 4) is 6.07 Å². The number of anilines is 1. The number of benzene rings is 1. The number of aromatic nitrogens is 2. The van der Waals surface area contributed by atoms with E-state index >= 15 is 0 Å². The Morgan fingerprint density at radius 2 is 2.14 bits per heavy atom. The van der Waals surface area contributed by atoms with Crippen LogP contribution in [0, 0.1) is 18.3 Å². The lowest BCUT2D eigenvalue weighted by molar-refractivity contribution is 0.0695. The van der Waals surface area contributed by atoms with Crippen LogP contribution in [0.5, 0.6) is 0 Å². The van der Waals surface area contributed by atoms with Crippen LogP contribution in [0.2, 0.25) is 0 Å². The Hall–Kier alpha value is -2.94. The van der Waals surface area contributed by atoms with Crippen LogP contribution >= 0.6 is 0 Å². The van der Waals surface area contributed by atoms with E-state index in [1.54, 1.807) is 37.3 Å². The Kier molecular flexibility index (Phi) is 4.46. The van der Waals surface area contributed by atoms with Crippen LogP contribution in [0.3, 0.4) is 0 Å². The highest BCUT2D eigenvalue weighted by atomic mass is 16.4. The molecule has 2 N–H and O–H groups in total. The molecule has 2 aromatic rings. The molecule has 2 rings (SSSR count). The maximum absolute atomic E-state index is 11.1. The van der Waals surface area contributed by atoms with E-state index in [1.165, 1.54) is 0 Å². The first-order valence-corrected chi connectivity index (χ1v) is 6.41. The molecule has 0 aliphatic heterocycles. The fourth-order valence-corrected chi connectivity index (χ4v) is 1.96. The van der Waals surface area contributed by atoms with Crippen molar-refractivity contribution in [2.24, 2.45) is 0 Å². The number of nitriles is 1. The monoisotopic (exact) mass is 282 g/mol. The van der Waals surface area contributed by atoms with Gasteiger partial charge in [-0.1, -0.05) is 18.2 Å². The molecule has 0 amide bonds. The summed E-state index contributed by atoms with van der Waals surface area (Å²) in [6.07, 6.45) is 0.529. The van der Waals surface area contributed by atoms with Crippen LogP contribution in [0.1, 0.15) is 27.3 Å². The second-order valence-electron chi connectivity index (χ2n) is 4.47. The Labute approximate surface area is 122 Å². The molecule has 1 heterocycles. The summed E-state index contributed by atoms with van der Waals surface area (Å²) in [4.78, 5) is 19.3. The highest BCUT2D eigenvalue weighted by molar-refractivity contribution is 5.89. The fourth-order valence-electron chi connectivity index (χ4n) is 1.96. The van der Waals surface area contributed by atoms with E-state index in [0.29, 0.717) is 35.9 Å². The molecule has 0 saturated carbocycles. The largest absolute Gasteiger partial charge is 0.478 e. The standard InChI is InChI=1S/C15H14N4O2/c1-10-8-12(9-16)19-15(18-10)17-7-6-11-4-2-3-5-13(11)14(20)21/h2-5,8H,6-7H2,1H3,(H,20,21)(H,17,18,19). The zero-order valence-electron chi connectivity index (χ0n) is 11.5. The van der Waals surface area contributed by atoms with Gasteiger partial charge in [0.05, 0.1) is 5.56 Å². The van der Waals surface area contributed by atoms with E-state index in [2.05, 4.69) is 15.3 Å². The molecule has 0 bridgehead atoms. The number of nitrogens with one attached hydrogen (secondary N) is 1. The Balaban J connectivity index is 2.04. The average molecular weight is 282 g/mol. The zero-order chi connectivity index (χ0) is 15.2. The van der Waals surface area contributed by atoms with Crippen LogP contribution in [0.15, 0.2) is 30.3 Å². The summed E-state index contributed by atoms with van der Waals surface area (Å²) in [5.41, 5.74) is 2.04. The van der Waals surface area contributed by atoms with Crippen molar-refractivity contribution in [2.75, 3.05) is 11.9 Å². The topological polar surface area (TPSA) is 98.9 Å². The van der Waals surface area contributed by atoms with Gasteiger partial charge in [-0.05, 0) is 31.0 Å². The smallest absolute Gasteiger partial charge is 0.335 e. The quantitative estimate of drug-likeness (QED) is 0.870. The number of carboxylic acids is 1. The molecule has 106 valence electrons. The summed E-state index contributed by atoms with van der Waals surface area (Å²) in [6, 6.07) is 10.4. The number of hydrogen-bond donors (Lipinski definition) is 2. The van der Waals surface area contributed by atoms with Gasteiger partial charge in [-0.15, -0.1) is 0 Å². The molecule has 6 heteroatoms. The lowest BCUT2D eigenvalue weighted by atomic mass is 10.0. The van der Waals surface area contributed by atoms with E-state index in [4.69, 9.17) is 10.4 Å². The van der Waals surface area contributed by atoms with Crippen LogP contribution in [-0.4, -0.2) is 27.6 Å². The molecular formula is C15H14N4O2. The Morgan fingerprint density at radius 1 is 1.38 bits per heavy atom. The minimum atomic E-state index is -0.941. The number of rotatable bonds is 5. The van der Waals surface area contributed by atoms with E-state index in [1.807, 2.05) is 6.07 Å². The number of hydrogen-bond acceptors (Lipinski definition) is 5. The van der Waals surface area contributed by atoms with Crippen molar-refractivity contribution in [1.29, 1.82) is 5.26 Å². The summed E-state index contributed by atoms with van der Waals surface area (Å²) in [7, 11) is 0. The van der Waals surface area contributed by atoms with Crippen LogP contribution in [-0.2, 0) is 6.42 Å². The summed E-state index contributed by atoms with van der Waals surface area (Å²) >= 11 is 0. The van der Waals surface area contributed by atoms with Crippen molar-refractivity contribution in [3.05, 3.63) is 52.8 Å². The van der Waals surface area contributed by atoms with E-state index < -0.39 is 5.97 Å². The van der Waals surface area contributed by atoms with Gasteiger partial charge in [-0.3, -0.25) is 0 Å². The summed E-state index contributed by atoms with van der Waals surface area (Å²) in [5, 5.41) is 21.0. The maximum Gasteiger partial charge on any atom is 0.335 e. The van der Waals surface area contributed by atoms with Gasteiger partial charge in [0.15, 0.2) is 0 Å². The number of carbonyl (C=O) groups is 1. The summed E-state index contributed by atoms with van der Waals surface area (Å²) in [5.74, 6) is -0.566. The van der Waals surface area contributed by atoms with E-state index in [-0.39, 0.29) is 0 Å². The lowest BCUT2D eigenvalue weighted by Crippen LogP contribution is -2.11. The zero-order valence-corrected chi connectivity index (χ0v) is 11.5. The first-order valence-electron chi connectivity index (χ1n) is 6.41. The van der Waals surface area contributed by atoms with Gasteiger partial charge >= 0.3 is 5.97 Å². The second kappa shape index (κ2) is 6.48. The third kappa shape index (κ3) is 3.76. The first kappa shape index (κ1) is 14.5. The second-order valence-corrected chi connectivity index (χ2v) is 4.47. The van der Waals surface area contributed by atoms with Crippen molar-refractivity contribution in [2.45, 2.75) is 13.3 Å². The number of nitrogens with zero attached hydrogens (tertiary/aromatic N) is 3. The molecule has 1 aromatic carbocycles. The third-order valence-electron chi connectivity index (χ3n) is 2.89. The lowest BCUT2D eigenvalue weighted by Gasteiger charge is -2.08. The van der Waals surface area contributed by atoms with Gasteiger partial charge in [0.2, 0.25) is 5.95 Å². The van der Waals surface area contributed by atoms with Gasteiger partial charge in [-0.2, -0.15) is 5.26 Å². The van der Waals surface area contributed by atoms with Crippen LogP contribution in [0.25, 0.3) is 0 Å². The molecule has 0 radical (unpaired) electrons. The van der Waals surface area contributed by atoms with E-state index in [0.717, 1.165) is 5.56 Å². The molecule has 1 aromatic heterocycles. The van der Waals surface area contributed by atoms with Crippen LogP contribution in [0.4, 0.5) is 5.95 Å². The predicted molar refractivity (Wildman–Crippen MR) is 77.1 cm³/mol. The molecule has 0 aliphatic rings. The molecule has 0 aliphatic carbocycles. The Bertz CT molecular complexity index is 707. The summed E-state index contributed by atoms with van der Waals surface area (Å²) in [6.45, 7) is 2.27. The van der Waals surface area contributed by atoms with Gasteiger partial charge in [-0.25, -0.2) is 14.8 Å². The number of aryl methyl sites for hydroxylation is 1. The van der Waals surface area contributed by atoms with Gasteiger partial charge in [0, 0.05) is 12.2 Å². The van der Waals surface area contributed by atoms with Crippen molar-refractivity contribution < 1.29 is 9.90 Å². The molecule has 6 nitrogen and oxygen atoms in total. The SMILES string of the molecule is Cc1cc(C#N)nc(NCCc2ccccc2C(=O)O)n1. The highest BCUT2D eigenvalue weighted by Gasteiger charge is 2.08. The Morgan fingerprint density at radius 3 is 2.86 bits per heavy atom. The normalized spacial score (nSPS) is 9.90. The van der Waals surface area contributed by atoms with Crippen molar-refractivity contribution in [1.82, 2.24) is 9.97 Å². The number of carboxylic acid groups (broad SMARTS) is 1. The first-order chi connectivity index (χ1) is 10.1. The molecule has 21 heavy (non-hydrogen) atoms. The van der Waals surface area contributed by atoms with Gasteiger partial charge in [0.25, 0.3) is 0 Å². The van der Waals surface area contributed by atoms with Crippen molar-refractivity contribution >= 4 is 11.9 Å². The molecule has 0 spiro atoms. The van der Waals surface area contributed by atoms with E-state index in [9.17, 15) is 4.79 Å². The summed E-state index contributed by atoms with van der Waals surface area (Å²) < 4.78 is 0. The minimum absolute atomic E-state index is 0.294. The fraction of sp³-hybridized carbons (Fsp3) is 0.200. The molecule has 0 atom stereocenters. The van der Waals surface area contributed by atoms with Crippen molar-refractivity contribution in [3.63, 3.8) is 0 Å².